The van der Waals surface area contributed by atoms with Crippen LogP contribution in [0.4, 0.5) is 0 Å². The monoisotopic (exact) mass is 232 g/mol. The van der Waals surface area contributed by atoms with Crippen molar-refractivity contribution in [3.05, 3.63) is 23.2 Å². The molecule has 0 aromatic heterocycles. The third-order valence-corrected chi connectivity index (χ3v) is 2.26. The highest BCUT2D eigenvalue weighted by molar-refractivity contribution is 7.80. The molecule has 0 saturated heterocycles. The molecule has 78 valence electrons. The van der Waals surface area contributed by atoms with Crippen LogP contribution in [0.5, 0.6) is 5.75 Å². The van der Waals surface area contributed by atoms with Crippen molar-refractivity contribution in [1.82, 2.24) is 0 Å². The predicted octanol–water partition coefficient (Wildman–Crippen LogP) is 3.04. The van der Waals surface area contributed by atoms with Crippen molar-refractivity contribution in [2.45, 2.75) is 11.3 Å². The summed E-state index contributed by atoms with van der Waals surface area (Å²) >= 11 is 10.1. The van der Waals surface area contributed by atoms with Crippen LogP contribution >= 0.6 is 24.2 Å². The fourth-order valence-electron chi connectivity index (χ4n) is 0.988. The molecule has 2 nitrogen and oxygen atoms in total. The van der Waals surface area contributed by atoms with Gasteiger partial charge in [-0.25, -0.2) is 0 Å². The van der Waals surface area contributed by atoms with Crippen LogP contribution in [0, 0.1) is 0 Å². The second-order valence-electron chi connectivity index (χ2n) is 2.81. The Morgan fingerprint density at radius 3 is 2.86 bits per heavy atom. The third kappa shape index (κ3) is 3.78. The smallest absolute Gasteiger partial charge is 0.138 e. The van der Waals surface area contributed by atoms with E-state index in [1.807, 2.05) is 6.07 Å². The molecule has 1 aromatic rings. The molecular weight excluding hydrogens is 220 g/mol. The van der Waals surface area contributed by atoms with E-state index in [9.17, 15) is 0 Å². The summed E-state index contributed by atoms with van der Waals surface area (Å²) in [6.45, 7) is 1.29. The van der Waals surface area contributed by atoms with Gasteiger partial charge in [0.25, 0.3) is 0 Å². The van der Waals surface area contributed by atoms with E-state index in [0.717, 1.165) is 11.3 Å². The van der Waals surface area contributed by atoms with E-state index < -0.39 is 0 Å². The van der Waals surface area contributed by atoms with Gasteiger partial charge in [0.2, 0.25) is 0 Å². The van der Waals surface area contributed by atoms with E-state index in [0.29, 0.717) is 24.0 Å². The summed E-state index contributed by atoms with van der Waals surface area (Å²) < 4.78 is 10.4. The van der Waals surface area contributed by atoms with E-state index in [-0.39, 0.29) is 0 Å². The van der Waals surface area contributed by atoms with E-state index in [2.05, 4.69) is 12.6 Å². The minimum atomic E-state index is 0.602. The molecular formula is C10H13ClO2S. The Bertz CT molecular complexity index is 291. The van der Waals surface area contributed by atoms with E-state index in [1.165, 1.54) is 0 Å². The third-order valence-electron chi connectivity index (χ3n) is 1.67. The van der Waals surface area contributed by atoms with Crippen molar-refractivity contribution < 1.29 is 9.47 Å². The quantitative estimate of drug-likeness (QED) is 0.622. The number of rotatable bonds is 5. The highest BCUT2D eigenvalue weighted by Gasteiger charge is 2.01. The molecule has 0 unspecified atom stereocenters. The molecule has 0 N–H and O–H groups in total. The van der Waals surface area contributed by atoms with Crippen molar-refractivity contribution in [2.75, 3.05) is 20.3 Å². The average Bonchev–Trinajstić information content (AvgIpc) is 2.18. The number of thiol groups is 1. The first kappa shape index (κ1) is 11.7. The highest BCUT2D eigenvalue weighted by Crippen LogP contribution is 2.26. The minimum Gasteiger partial charge on any atom is -0.492 e. The van der Waals surface area contributed by atoms with Crippen LogP contribution in [0.15, 0.2) is 23.1 Å². The van der Waals surface area contributed by atoms with Crippen molar-refractivity contribution in [2.24, 2.45) is 0 Å². The van der Waals surface area contributed by atoms with Crippen LogP contribution in [0.25, 0.3) is 0 Å². The van der Waals surface area contributed by atoms with Crippen molar-refractivity contribution in [3.8, 4) is 5.75 Å². The first-order valence-corrected chi connectivity index (χ1v) is 5.17. The van der Waals surface area contributed by atoms with E-state index in [1.54, 1.807) is 19.2 Å². The zero-order valence-corrected chi connectivity index (χ0v) is 9.65. The fourth-order valence-corrected chi connectivity index (χ4v) is 1.35. The molecule has 0 radical (unpaired) electrons. The number of hydrogen-bond acceptors (Lipinski definition) is 3. The maximum absolute atomic E-state index is 5.92. The van der Waals surface area contributed by atoms with Crippen LogP contribution < -0.4 is 4.74 Å². The summed E-state index contributed by atoms with van der Waals surface area (Å²) in [5, 5.41) is 0.611. The van der Waals surface area contributed by atoms with E-state index in [4.69, 9.17) is 21.1 Å². The Morgan fingerprint density at radius 2 is 2.14 bits per heavy atom. The lowest BCUT2D eigenvalue weighted by Crippen LogP contribution is -2.01. The standard InChI is InChI=1S/C10H13ClO2S/c1-12-5-2-6-13-10-7-8(14)3-4-9(10)11/h3-4,7,14H,2,5-6H2,1H3. The van der Waals surface area contributed by atoms with Gasteiger partial charge in [0.15, 0.2) is 0 Å². The maximum Gasteiger partial charge on any atom is 0.138 e. The molecule has 0 atom stereocenters. The van der Waals surface area contributed by atoms with Crippen LogP contribution in [0.2, 0.25) is 5.02 Å². The lowest BCUT2D eigenvalue weighted by atomic mass is 10.3. The zero-order chi connectivity index (χ0) is 10.4. The van der Waals surface area contributed by atoms with Gasteiger partial charge in [0, 0.05) is 25.0 Å². The normalized spacial score (nSPS) is 10.2. The highest BCUT2D eigenvalue weighted by atomic mass is 35.5. The van der Waals surface area contributed by atoms with Crippen molar-refractivity contribution in [3.63, 3.8) is 0 Å². The van der Waals surface area contributed by atoms with Crippen LogP contribution in [-0.2, 0) is 4.74 Å². The fraction of sp³-hybridized carbons (Fsp3) is 0.400. The summed E-state index contributed by atoms with van der Waals surface area (Å²) in [6.07, 6.45) is 0.851. The van der Waals surface area contributed by atoms with Crippen LogP contribution in [-0.4, -0.2) is 20.3 Å². The summed E-state index contributed by atoms with van der Waals surface area (Å²) in [6, 6.07) is 5.40. The van der Waals surface area contributed by atoms with Gasteiger partial charge in [0.1, 0.15) is 5.75 Å². The zero-order valence-electron chi connectivity index (χ0n) is 8.00. The molecule has 0 aliphatic heterocycles. The summed E-state index contributed by atoms with van der Waals surface area (Å²) in [4.78, 5) is 0.844. The molecule has 0 spiro atoms. The van der Waals surface area contributed by atoms with Gasteiger partial charge in [-0.3, -0.25) is 0 Å². The Balaban J connectivity index is 2.45. The number of hydrogen-bond donors (Lipinski definition) is 1. The molecule has 0 amide bonds. The Morgan fingerprint density at radius 1 is 1.36 bits per heavy atom. The van der Waals surface area contributed by atoms with Gasteiger partial charge in [-0.05, 0) is 18.2 Å². The van der Waals surface area contributed by atoms with Crippen LogP contribution in [0.1, 0.15) is 6.42 Å². The van der Waals surface area contributed by atoms with Crippen molar-refractivity contribution in [1.29, 1.82) is 0 Å². The number of ether oxygens (including phenoxy) is 2. The van der Waals surface area contributed by atoms with E-state index >= 15 is 0 Å². The largest absolute Gasteiger partial charge is 0.492 e. The lowest BCUT2D eigenvalue weighted by molar-refractivity contribution is 0.172. The Labute approximate surface area is 94.6 Å². The number of methoxy groups -OCH3 is 1. The average molecular weight is 233 g/mol. The molecule has 1 aromatic carbocycles. The molecule has 0 aliphatic carbocycles. The lowest BCUT2D eigenvalue weighted by Gasteiger charge is -2.07. The molecule has 0 aliphatic rings. The maximum atomic E-state index is 5.92. The number of halogens is 1. The Hall–Kier alpha value is -0.380. The molecule has 0 bridgehead atoms. The Kier molecular flexibility index (Phi) is 5.15. The summed E-state index contributed by atoms with van der Waals surface area (Å²) in [5.41, 5.74) is 0. The van der Waals surface area contributed by atoms with Gasteiger partial charge in [0.05, 0.1) is 11.6 Å². The predicted molar refractivity (Wildman–Crippen MR) is 60.7 cm³/mol. The first-order valence-electron chi connectivity index (χ1n) is 4.34. The second kappa shape index (κ2) is 6.17. The SMILES string of the molecule is COCCCOc1cc(S)ccc1Cl. The topological polar surface area (TPSA) is 18.5 Å². The molecule has 0 heterocycles. The first-order chi connectivity index (χ1) is 6.74. The van der Waals surface area contributed by atoms with Gasteiger partial charge >= 0.3 is 0 Å². The van der Waals surface area contributed by atoms with Crippen molar-refractivity contribution >= 4 is 24.2 Å². The van der Waals surface area contributed by atoms with Gasteiger partial charge in [-0.15, -0.1) is 12.6 Å². The summed E-state index contributed by atoms with van der Waals surface area (Å²) in [7, 11) is 1.67. The van der Waals surface area contributed by atoms with Gasteiger partial charge in [-0.2, -0.15) is 0 Å². The number of benzene rings is 1. The minimum absolute atomic E-state index is 0.602. The molecule has 0 fully saturated rings. The van der Waals surface area contributed by atoms with Crippen LogP contribution in [0.3, 0.4) is 0 Å². The molecule has 1 rings (SSSR count). The molecule has 4 heteroatoms. The molecule has 0 saturated carbocycles. The summed E-state index contributed by atoms with van der Waals surface area (Å²) in [5.74, 6) is 0.676. The molecule has 14 heavy (non-hydrogen) atoms. The van der Waals surface area contributed by atoms with Gasteiger partial charge < -0.3 is 9.47 Å². The van der Waals surface area contributed by atoms with Gasteiger partial charge in [-0.1, -0.05) is 11.6 Å². The second-order valence-corrected chi connectivity index (χ2v) is 3.73.